The van der Waals surface area contributed by atoms with Gasteiger partial charge in [0.1, 0.15) is 0 Å². The first-order chi connectivity index (χ1) is 6.17. The minimum Gasteiger partial charge on any atom is -0.352 e. The van der Waals surface area contributed by atoms with Gasteiger partial charge in [0, 0.05) is 6.04 Å². The second-order valence-electron chi connectivity index (χ2n) is 5.05. The van der Waals surface area contributed by atoms with Crippen LogP contribution in [0.2, 0.25) is 0 Å². The molecule has 0 aromatic heterocycles. The van der Waals surface area contributed by atoms with Gasteiger partial charge in [-0.1, -0.05) is 0 Å². The molecule has 3 saturated carbocycles. The fraction of sp³-hybridized carbons (Fsp3) is 0.900. The summed E-state index contributed by atoms with van der Waals surface area (Å²) in [7, 11) is 0. The number of amides is 1. The lowest BCUT2D eigenvalue weighted by molar-refractivity contribution is -0.124. The summed E-state index contributed by atoms with van der Waals surface area (Å²) in [6.07, 6.45) is 5.55. The highest BCUT2D eigenvalue weighted by molar-refractivity contribution is 5.89. The Morgan fingerprint density at radius 1 is 1.23 bits per heavy atom. The molecule has 3 nitrogen and oxygen atoms in total. The maximum Gasteiger partial charge on any atom is 0.240 e. The minimum atomic E-state index is -0.479. The monoisotopic (exact) mass is 180 g/mol. The smallest absolute Gasteiger partial charge is 0.240 e. The average Bonchev–Trinajstić information content (AvgIpc) is 2.96. The third kappa shape index (κ3) is 1.26. The van der Waals surface area contributed by atoms with E-state index in [2.05, 4.69) is 5.32 Å². The van der Waals surface area contributed by atoms with Gasteiger partial charge in [-0.3, -0.25) is 4.79 Å². The van der Waals surface area contributed by atoms with Crippen LogP contribution < -0.4 is 11.1 Å². The number of fused-ring (bicyclic) bond motifs is 1. The molecule has 2 atom stereocenters. The normalized spacial score (nSPS) is 43.9. The van der Waals surface area contributed by atoms with Gasteiger partial charge in [-0.25, -0.2) is 0 Å². The maximum atomic E-state index is 11.6. The topological polar surface area (TPSA) is 55.1 Å². The van der Waals surface area contributed by atoms with E-state index in [0.717, 1.165) is 24.7 Å². The Hall–Kier alpha value is -0.570. The van der Waals surface area contributed by atoms with Crippen molar-refractivity contribution in [3.8, 4) is 0 Å². The van der Waals surface area contributed by atoms with E-state index >= 15 is 0 Å². The van der Waals surface area contributed by atoms with Crippen molar-refractivity contribution >= 4 is 5.91 Å². The van der Waals surface area contributed by atoms with Crippen molar-refractivity contribution in [1.82, 2.24) is 5.32 Å². The summed E-state index contributed by atoms with van der Waals surface area (Å²) in [5.74, 6) is 1.95. The Morgan fingerprint density at radius 2 is 1.85 bits per heavy atom. The van der Waals surface area contributed by atoms with Crippen molar-refractivity contribution in [2.75, 3.05) is 0 Å². The van der Waals surface area contributed by atoms with E-state index in [4.69, 9.17) is 5.73 Å². The molecule has 3 fully saturated rings. The van der Waals surface area contributed by atoms with Gasteiger partial charge < -0.3 is 11.1 Å². The van der Waals surface area contributed by atoms with Crippen LogP contribution in [-0.2, 0) is 4.79 Å². The fourth-order valence-corrected chi connectivity index (χ4v) is 2.52. The molecule has 0 aromatic carbocycles. The van der Waals surface area contributed by atoms with E-state index in [1.807, 2.05) is 0 Å². The van der Waals surface area contributed by atoms with Crippen molar-refractivity contribution in [3.63, 3.8) is 0 Å². The molecule has 0 saturated heterocycles. The van der Waals surface area contributed by atoms with Gasteiger partial charge in [0.2, 0.25) is 5.91 Å². The van der Waals surface area contributed by atoms with Crippen LogP contribution in [0.25, 0.3) is 0 Å². The van der Waals surface area contributed by atoms with Crippen LogP contribution in [-0.4, -0.2) is 17.5 Å². The van der Waals surface area contributed by atoms with Crippen LogP contribution in [0, 0.1) is 11.8 Å². The zero-order valence-corrected chi connectivity index (χ0v) is 7.75. The number of hydrogen-bond acceptors (Lipinski definition) is 2. The lowest BCUT2D eigenvalue weighted by Gasteiger charge is -2.17. The molecular formula is C10H16N2O. The molecule has 72 valence electrons. The summed E-state index contributed by atoms with van der Waals surface area (Å²) in [6.45, 7) is 0. The summed E-state index contributed by atoms with van der Waals surface area (Å²) in [6, 6.07) is 0.442. The van der Waals surface area contributed by atoms with Crippen LogP contribution in [0.4, 0.5) is 0 Å². The first kappa shape index (κ1) is 7.80. The maximum absolute atomic E-state index is 11.6. The van der Waals surface area contributed by atoms with Crippen molar-refractivity contribution in [2.24, 2.45) is 17.6 Å². The molecule has 13 heavy (non-hydrogen) atoms. The molecule has 0 aromatic rings. The van der Waals surface area contributed by atoms with Gasteiger partial charge in [-0.05, 0) is 43.9 Å². The fourth-order valence-electron chi connectivity index (χ4n) is 2.52. The number of nitrogens with two attached hydrogens (primary N) is 1. The van der Waals surface area contributed by atoms with Crippen molar-refractivity contribution in [1.29, 1.82) is 0 Å². The van der Waals surface area contributed by atoms with Gasteiger partial charge in [0.15, 0.2) is 0 Å². The number of hydrogen-bond donors (Lipinski definition) is 2. The molecule has 3 aliphatic rings. The van der Waals surface area contributed by atoms with Crippen LogP contribution in [0.5, 0.6) is 0 Å². The predicted octanol–water partition coefficient (Wildman–Crippen LogP) is 0.392. The molecule has 3 heteroatoms. The summed E-state index contributed by atoms with van der Waals surface area (Å²) in [5, 5.41) is 3.08. The Kier molecular flexibility index (Phi) is 1.36. The molecule has 0 radical (unpaired) electrons. The number of rotatable bonds is 2. The van der Waals surface area contributed by atoms with Crippen molar-refractivity contribution < 1.29 is 4.79 Å². The Morgan fingerprint density at radius 3 is 2.38 bits per heavy atom. The van der Waals surface area contributed by atoms with E-state index in [9.17, 15) is 4.79 Å². The van der Waals surface area contributed by atoms with E-state index < -0.39 is 5.54 Å². The molecule has 3 rings (SSSR count). The van der Waals surface area contributed by atoms with E-state index in [-0.39, 0.29) is 5.91 Å². The standard InChI is InChI=1S/C10H16N2O/c11-10(1-2-10)9(13)12-8-4-6-3-7(6)5-8/h6-8H,1-5,11H2,(H,12,13). The van der Waals surface area contributed by atoms with Crippen molar-refractivity contribution in [3.05, 3.63) is 0 Å². The second-order valence-corrected chi connectivity index (χ2v) is 5.05. The van der Waals surface area contributed by atoms with Crippen LogP contribution in [0.15, 0.2) is 0 Å². The Labute approximate surface area is 78.1 Å². The van der Waals surface area contributed by atoms with Crippen molar-refractivity contribution in [2.45, 2.75) is 43.7 Å². The summed E-state index contributed by atoms with van der Waals surface area (Å²) in [5.41, 5.74) is 5.32. The van der Waals surface area contributed by atoms with Gasteiger partial charge >= 0.3 is 0 Å². The third-order valence-corrected chi connectivity index (χ3v) is 3.82. The molecule has 0 aliphatic heterocycles. The lowest BCUT2D eigenvalue weighted by atomic mass is 10.1. The number of nitrogens with one attached hydrogen (secondary N) is 1. The predicted molar refractivity (Wildman–Crippen MR) is 48.9 cm³/mol. The molecule has 0 spiro atoms. The molecule has 2 unspecified atom stereocenters. The highest BCUT2D eigenvalue weighted by Gasteiger charge is 2.50. The zero-order valence-electron chi connectivity index (χ0n) is 7.75. The lowest BCUT2D eigenvalue weighted by Crippen LogP contribution is -2.46. The third-order valence-electron chi connectivity index (χ3n) is 3.82. The zero-order chi connectivity index (χ0) is 9.05. The highest BCUT2D eigenvalue weighted by atomic mass is 16.2. The van der Waals surface area contributed by atoms with Gasteiger partial charge in [0.25, 0.3) is 0 Å². The Bertz CT molecular complexity index is 250. The van der Waals surface area contributed by atoms with Gasteiger partial charge in [0.05, 0.1) is 5.54 Å². The number of carbonyl (C=O) groups excluding carboxylic acids is 1. The summed E-state index contributed by atoms with van der Waals surface area (Å²) >= 11 is 0. The first-order valence-corrected chi connectivity index (χ1v) is 5.27. The average molecular weight is 180 g/mol. The second kappa shape index (κ2) is 2.27. The summed E-state index contributed by atoms with van der Waals surface area (Å²) in [4.78, 5) is 11.6. The van der Waals surface area contributed by atoms with Crippen LogP contribution in [0.1, 0.15) is 32.1 Å². The molecule has 1 amide bonds. The van der Waals surface area contributed by atoms with E-state index in [1.165, 1.54) is 19.3 Å². The molecular weight excluding hydrogens is 164 g/mol. The highest BCUT2D eigenvalue weighted by Crippen LogP contribution is 2.51. The van der Waals surface area contributed by atoms with E-state index in [0.29, 0.717) is 6.04 Å². The minimum absolute atomic E-state index is 0.0961. The van der Waals surface area contributed by atoms with E-state index in [1.54, 1.807) is 0 Å². The number of carbonyl (C=O) groups is 1. The SMILES string of the molecule is NC1(C(=O)NC2CC3CC3C2)CC1. The van der Waals surface area contributed by atoms with Gasteiger partial charge in [-0.15, -0.1) is 0 Å². The quantitative estimate of drug-likeness (QED) is 0.646. The first-order valence-electron chi connectivity index (χ1n) is 5.27. The summed E-state index contributed by atoms with van der Waals surface area (Å²) < 4.78 is 0. The van der Waals surface area contributed by atoms with Crippen LogP contribution >= 0.6 is 0 Å². The molecule has 0 heterocycles. The Balaban J connectivity index is 1.54. The molecule has 3 N–H and O–H groups in total. The molecule has 3 aliphatic carbocycles. The van der Waals surface area contributed by atoms with Crippen LogP contribution in [0.3, 0.4) is 0 Å². The van der Waals surface area contributed by atoms with Gasteiger partial charge in [-0.2, -0.15) is 0 Å². The molecule has 0 bridgehead atoms. The largest absolute Gasteiger partial charge is 0.352 e.